The van der Waals surface area contributed by atoms with Crippen LogP contribution in [0.4, 0.5) is 0 Å². The first-order valence-electron chi connectivity index (χ1n) is 4.44. The van der Waals surface area contributed by atoms with Crippen molar-refractivity contribution >= 4 is 23.2 Å². The lowest BCUT2D eigenvalue weighted by molar-refractivity contribution is -0.124. The number of carbonyl (C=O) groups is 1. The molecule has 5 heteroatoms. The number of thiocarbonyl (C=S) groups is 1. The van der Waals surface area contributed by atoms with Gasteiger partial charge in [0.15, 0.2) is 5.11 Å². The lowest BCUT2D eigenvalue weighted by Gasteiger charge is -2.23. The van der Waals surface area contributed by atoms with Gasteiger partial charge in [0.05, 0.1) is 0 Å². The Labute approximate surface area is 82.0 Å². The minimum absolute atomic E-state index is 0.00278. The largest absolute Gasteiger partial charge is 0.381 e. The molecule has 1 spiro atoms. The molecule has 0 radical (unpaired) electrons. The average Bonchev–Trinajstić information content (AvgIpc) is 2.29. The molecular formula is C8H12N2O2S. The van der Waals surface area contributed by atoms with Gasteiger partial charge in [0, 0.05) is 19.6 Å². The maximum atomic E-state index is 11.6. The van der Waals surface area contributed by atoms with Crippen molar-refractivity contribution in [3.8, 4) is 0 Å². The van der Waals surface area contributed by atoms with E-state index in [4.69, 9.17) is 17.0 Å². The van der Waals surface area contributed by atoms with Crippen molar-refractivity contribution in [1.29, 1.82) is 0 Å². The highest BCUT2D eigenvalue weighted by Crippen LogP contribution is 2.24. The average molecular weight is 200 g/mol. The topological polar surface area (TPSA) is 50.4 Å². The summed E-state index contributed by atoms with van der Waals surface area (Å²) >= 11 is 4.91. The predicted molar refractivity (Wildman–Crippen MR) is 51.3 cm³/mol. The highest BCUT2D eigenvalue weighted by molar-refractivity contribution is 7.80. The molecule has 2 heterocycles. The number of rotatable bonds is 0. The first kappa shape index (κ1) is 8.90. The zero-order chi connectivity index (χ0) is 9.31. The fraction of sp³-hybridized carbons (Fsp3) is 0.750. The van der Waals surface area contributed by atoms with E-state index in [1.54, 1.807) is 0 Å². The predicted octanol–water partition coefficient (Wildman–Crippen LogP) is -0.0700. The Hall–Kier alpha value is -0.680. The maximum Gasteiger partial charge on any atom is 0.251 e. The molecule has 0 aliphatic carbocycles. The van der Waals surface area contributed by atoms with Crippen LogP contribution in [0, 0.1) is 0 Å². The summed E-state index contributed by atoms with van der Waals surface area (Å²) in [7, 11) is 0. The van der Waals surface area contributed by atoms with E-state index in [1.807, 2.05) is 0 Å². The monoisotopic (exact) mass is 200 g/mol. The maximum absolute atomic E-state index is 11.6. The molecule has 0 aromatic rings. The number of nitrogens with one attached hydrogen (secondary N) is 2. The van der Waals surface area contributed by atoms with Gasteiger partial charge in [-0.25, -0.2) is 0 Å². The minimum atomic E-state index is -0.479. The summed E-state index contributed by atoms with van der Waals surface area (Å²) in [6.07, 6.45) is 2.42. The fourth-order valence-corrected chi connectivity index (χ4v) is 2.12. The normalized spacial score (nSPS) is 34.2. The van der Waals surface area contributed by atoms with E-state index < -0.39 is 5.54 Å². The fourth-order valence-electron chi connectivity index (χ4n) is 1.83. The molecule has 2 aliphatic rings. The molecule has 0 bridgehead atoms. The van der Waals surface area contributed by atoms with Gasteiger partial charge in [-0.2, -0.15) is 0 Å². The molecular weight excluding hydrogens is 188 g/mol. The first-order chi connectivity index (χ1) is 6.23. The van der Waals surface area contributed by atoms with Gasteiger partial charge in [-0.05, 0) is 25.1 Å². The van der Waals surface area contributed by atoms with Gasteiger partial charge in [0.25, 0.3) is 5.91 Å². The van der Waals surface area contributed by atoms with Gasteiger partial charge in [-0.1, -0.05) is 0 Å². The molecule has 2 rings (SSSR count). The van der Waals surface area contributed by atoms with Gasteiger partial charge < -0.3 is 15.4 Å². The lowest BCUT2D eigenvalue weighted by Crippen LogP contribution is -2.46. The number of hydrogen-bond donors (Lipinski definition) is 2. The molecule has 13 heavy (non-hydrogen) atoms. The SMILES string of the molecule is O=C1NC(=S)NC12CCCOCC2. The summed E-state index contributed by atoms with van der Waals surface area (Å²) in [5.74, 6) is 0.00278. The van der Waals surface area contributed by atoms with Crippen LogP contribution in [0.1, 0.15) is 19.3 Å². The number of amides is 1. The van der Waals surface area contributed by atoms with E-state index in [0.717, 1.165) is 19.4 Å². The van der Waals surface area contributed by atoms with Crippen LogP contribution in [-0.4, -0.2) is 29.8 Å². The van der Waals surface area contributed by atoms with Crippen molar-refractivity contribution in [2.45, 2.75) is 24.8 Å². The van der Waals surface area contributed by atoms with Crippen LogP contribution >= 0.6 is 12.2 Å². The molecule has 2 saturated heterocycles. The van der Waals surface area contributed by atoms with Gasteiger partial charge >= 0.3 is 0 Å². The summed E-state index contributed by atoms with van der Waals surface area (Å²) in [5.41, 5.74) is -0.479. The first-order valence-corrected chi connectivity index (χ1v) is 4.85. The van der Waals surface area contributed by atoms with Crippen molar-refractivity contribution in [1.82, 2.24) is 10.6 Å². The third-order valence-corrected chi connectivity index (χ3v) is 2.78. The zero-order valence-corrected chi connectivity index (χ0v) is 8.08. The Morgan fingerprint density at radius 2 is 2.23 bits per heavy atom. The molecule has 4 nitrogen and oxygen atoms in total. The van der Waals surface area contributed by atoms with Crippen LogP contribution < -0.4 is 10.6 Å². The molecule has 2 fully saturated rings. The van der Waals surface area contributed by atoms with Crippen molar-refractivity contribution in [2.24, 2.45) is 0 Å². The van der Waals surface area contributed by atoms with Crippen LogP contribution in [-0.2, 0) is 9.53 Å². The second kappa shape index (κ2) is 3.23. The summed E-state index contributed by atoms with van der Waals surface area (Å²) < 4.78 is 5.30. The molecule has 1 amide bonds. The Morgan fingerprint density at radius 1 is 1.38 bits per heavy atom. The highest BCUT2D eigenvalue weighted by Gasteiger charge is 2.44. The zero-order valence-electron chi connectivity index (χ0n) is 7.26. The van der Waals surface area contributed by atoms with E-state index in [2.05, 4.69) is 10.6 Å². The van der Waals surface area contributed by atoms with Gasteiger partial charge in [0.1, 0.15) is 5.54 Å². The lowest BCUT2D eigenvalue weighted by atomic mass is 9.91. The Balaban J connectivity index is 2.17. The standard InChI is InChI=1S/C8H12N2O2S/c11-6-8(10-7(13)9-6)2-1-4-12-5-3-8/h1-5H2,(H2,9,10,11,13). The summed E-state index contributed by atoms with van der Waals surface area (Å²) in [6.45, 7) is 1.37. The van der Waals surface area contributed by atoms with Crippen LogP contribution in [0.5, 0.6) is 0 Å². The van der Waals surface area contributed by atoms with Gasteiger partial charge in [0.2, 0.25) is 0 Å². The number of hydrogen-bond acceptors (Lipinski definition) is 3. The summed E-state index contributed by atoms with van der Waals surface area (Å²) in [6, 6.07) is 0. The minimum Gasteiger partial charge on any atom is -0.381 e. The molecule has 0 aromatic heterocycles. The van der Waals surface area contributed by atoms with E-state index in [9.17, 15) is 4.79 Å². The van der Waals surface area contributed by atoms with E-state index >= 15 is 0 Å². The third kappa shape index (κ3) is 1.53. The number of carbonyl (C=O) groups excluding carboxylic acids is 1. The Morgan fingerprint density at radius 3 is 2.92 bits per heavy atom. The van der Waals surface area contributed by atoms with E-state index in [1.165, 1.54) is 0 Å². The molecule has 0 aromatic carbocycles. The van der Waals surface area contributed by atoms with Gasteiger partial charge in [-0.3, -0.25) is 4.79 Å². The second-order valence-electron chi connectivity index (χ2n) is 3.46. The van der Waals surface area contributed by atoms with E-state index in [-0.39, 0.29) is 5.91 Å². The van der Waals surface area contributed by atoms with Crippen LogP contribution in [0.2, 0.25) is 0 Å². The molecule has 2 N–H and O–H groups in total. The molecule has 1 unspecified atom stereocenters. The van der Waals surface area contributed by atoms with Crippen molar-refractivity contribution in [2.75, 3.05) is 13.2 Å². The molecule has 0 saturated carbocycles. The summed E-state index contributed by atoms with van der Waals surface area (Å²) in [5, 5.41) is 6.13. The number of ether oxygens (including phenoxy) is 1. The van der Waals surface area contributed by atoms with Crippen molar-refractivity contribution < 1.29 is 9.53 Å². The Bertz CT molecular complexity index is 247. The summed E-state index contributed by atoms with van der Waals surface area (Å²) in [4.78, 5) is 11.6. The molecule has 72 valence electrons. The van der Waals surface area contributed by atoms with Crippen LogP contribution in [0.15, 0.2) is 0 Å². The van der Waals surface area contributed by atoms with Crippen molar-refractivity contribution in [3.05, 3.63) is 0 Å². The van der Waals surface area contributed by atoms with Crippen LogP contribution in [0.25, 0.3) is 0 Å². The molecule has 1 atom stereocenters. The van der Waals surface area contributed by atoms with Crippen LogP contribution in [0.3, 0.4) is 0 Å². The third-order valence-electron chi connectivity index (χ3n) is 2.58. The Kier molecular flexibility index (Phi) is 2.21. The molecule has 2 aliphatic heterocycles. The highest BCUT2D eigenvalue weighted by atomic mass is 32.1. The van der Waals surface area contributed by atoms with Crippen molar-refractivity contribution in [3.63, 3.8) is 0 Å². The second-order valence-corrected chi connectivity index (χ2v) is 3.86. The quantitative estimate of drug-likeness (QED) is 0.537. The smallest absolute Gasteiger partial charge is 0.251 e. The van der Waals surface area contributed by atoms with Gasteiger partial charge in [-0.15, -0.1) is 0 Å². The van der Waals surface area contributed by atoms with E-state index in [0.29, 0.717) is 18.1 Å².